The Morgan fingerprint density at radius 3 is 1.14 bits per heavy atom. The first-order valence-electron chi connectivity index (χ1n) is 19.6. The molecule has 1 atom stereocenters. The molecule has 14 nitrogen and oxygen atoms in total. The summed E-state index contributed by atoms with van der Waals surface area (Å²) in [5, 5.41) is 9.38. The maximum atomic E-state index is 13.9. The average Bonchev–Trinajstić information content (AvgIpc) is 3.19. The van der Waals surface area contributed by atoms with E-state index in [0.717, 1.165) is 19.3 Å². The second-order valence-electron chi connectivity index (χ2n) is 17.6. The molecular formula is C43H65O14P. The van der Waals surface area contributed by atoms with Crippen molar-refractivity contribution in [1.29, 1.82) is 0 Å². The molecule has 58 heavy (non-hydrogen) atoms. The summed E-state index contributed by atoms with van der Waals surface area (Å²) in [7, 11) is -2.55. The highest BCUT2D eigenvalue weighted by Crippen LogP contribution is 2.51. The number of unbranched alkanes of at least 4 members (excludes halogenated alkanes) is 3. The van der Waals surface area contributed by atoms with E-state index in [4.69, 9.17) is 37.3 Å². The van der Waals surface area contributed by atoms with E-state index in [0.29, 0.717) is 13.0 Å². The normalized spacial score (nSPS) is 13.4. The predicted molar refractivity (Wildman–Crippen MR) is 218 cm³/mol. The minimum Gasteiger partial charge on any atom is -0.461 e. The topological polar surface area (TPSA) is 179 Å². The summed E-state index contributed by atoms with van der Waals surface area (Å²) in [6.07, 6.45) is 3.52. The van der Waals surface area contributed by atoms with Gasteiger partial charge in [0.2, 0.25) is 0 Å². The molecule has 15 heteroatoms. The molecule has 2 aromatic rings. The van der Waals surface area contributed by atoms with Crippen molar-refractivity contribution in [3.8, 4) is 0 Å². The second kappa shape index (κ2) is 23.2. The Kier molecular flexibility index (Phi) is 20.2. The third-order valence-electron chi connectivity index (χ3n) is 8.53. The number of hydrogen-bond donors (Lipinski definition) is 1. The molecule has 1 N–H and O–H groups in total. The SMILES string of the molecule is CCCCCCOP(=O)(OCC(C)(C)COC(=O)c1ccc(C(=O)OCC(C)(C)CO)cc1)OCC(C)(C)COC(=O)c1ccc(C(=O)OCC(C)(C)COC)cc1. The van der Waals surface area contributed by atoms with Gasteiger partial charge < -0.3 is 28.8 Å². The molecule has 0 aromatic heterocycles. The summed E-state index contributed by atoms with van der Waals surface area (Å²) in [6, 6.07) is 11.8. The van der Waals surface area contributed by atoms with E-state index < -0.39 is 47.9 Å². The monoisotopic (exact) mass is 836 g/mol. The van der Waals surface area contributed by atoms with Crippen molar-refractivity contribution in [2.24, 2.45) is 21.7 Å². The number of esters is 4. The lowest BCUT2D eigenvalue weighted by Gasteiger charge is -2.29. The summed E-state index contributed by atoms with van der Waals surface area (Å²) in [5.74, 6) is -2.35. The van der Waals surface area contributed by atoms with E-state index in [1.165, 1.54) is 48.5 Å². The molecule has 0 radical (unpaired) electrons. The highest BCUT2D eigenvalue weighted by atomic mass is 31.2. The summed E-state index contributed by atoms with van der Waals surface area (Å²) < 4.78 is 58.1. The Morgan fingerprint density at radius 1 is 0.500 bits per heavy atom. The van der Waals surface area contributed by atoms with Gasteiger partial charge in [-0.2, -0.15) is 0 Å². The van der Waals surface area contributed by atoms with Gasteiger partial charge >= 0.3 is 31.7 Å². The molecule has 0 saturated heterocycles. The number of aliphatic hydroxyl groups is 1. The van der Waals surface area contributed by atoms with E-state index in [-0.39, 0.29) is 80.5 Å². The molecule has 1 unspecified atom stereocenters. The van der Waals surface area contributed by atoms with Crippen molar-refractivity contribution in [3.63, 3.8) is 0 Å². The van der Waals surface area contributed by atoms with Crippen LogP contribution in [-0.4, -0.2) is 95.6 Å². The number of carbonyl (C=O) groups excluding carboxylic acids is 4. The highest BCUT2D eigenvalue weighted by Gasteiger charge is 2.35. The van der Waals surface area contributed by atoms with E-state index in [9.17, 15) is 28.8 Å². The Hall–Kier alpha value is -3.65. The number of benzene rings is 2. The number of aliphatic hydroxyl groups excluding tert-OH is 1. The van der Waals surface area contributed by atoms with Crippen molar-refractivity contribution in [2.75, 3.05) is 66.6 Å². The smallest absolute Gasteiger partial charge is 0.461 e. The molecule has 2 rings (SSSR count). The summed E-state index contributed by atoms with van der Waals surface area (Å²) in [6.45, 7) is 16.7. The second-order valence-corrected chi connectivity index (χ2v) is 19.3. The zero-order valence-corrected chi connectivity index (χ0v) is 36.9. The van der Waals surface area contributed by atoms with Crippen LogP contribution in [0.5, 0.6) is 0 Å². The quantitative estimate of drug-likeness (QED) is 0.0392. The van der Waals surface area contributed by atoms with Gasteiger partial charge in [0, 0.05) is 28.8 Å². The predicted octanol–water partition coefficient (Wildman–Crippen LogP) is 8.50. The number of phosphoric acid groups is 1. The molecule has 2 aromatic carbocycles. The van der Waals surface area contributed by atoms with Gasteiger partial charge in [-0.3, -0.25) is 13.6 Å². The van der Waals surface area contributed by atoms with Crippen molar-refractivity contribution < 1.29 is 66.1 Å². The zero-order chi connectivity index (χ0) is 43.6. The Balaban J connectivity index is 1.96. The van der Waals surface area contributed by atoms with Gasteiger partial charge in [0.1, 0.15) is 0 Å². The summed E-state index contributed by atoms with van der Waals surface area (Å²) in [4.78, 5) is 50.6. The molecule has 0 saturated carbocycles. The van der Waals surface area contributed by atoms with Gasteiger partial charge in [0.15, 0.2) is 0 Å². The van der Waals surface area contributed by atoms with Crippen LogP contribution < -0.4 is 0 Å². The molecule has 0 bridgehead atoms. The third kappa shape index (κ3) is 18.9. The number of carbonyl (C=O) groups is 4. The van der Waals surface area contributed by atoms with Crippen LogP contribution in [0.15, 0.2) is 48.5 Å². The van der Waals surface area contributed by atoms with Gasteiger partial charge in [-0.05, 0) is 55.0 Å². The largest absolute Gasteiger partial charge is 0.474 e. The Labute approximate surface area is 344 Å². The number of rotatable bonds is 27. The van der Waals surface area contributed by atoms with Crippen LogP contribution in [0.4, 0.5) is 0 Å². The molecule has 326 valence electrons. The van der Waals surface area contributed by atoms with Crippen molar-refractivity contribution >= 4 is 31.7 Å². The average molecular weight is 837 g/mol. The van der Waals surface area contributed by atoms with E-state index in [1.54, 1.807) is 48.7 Å². The van der Waals surface area contributed by atoms with Gasteiger partial charge in [0.25, 0.3) is 0 Å². The Morgan fingerprint density at radius 2 is 0.828 bits per heavy atom. The molecule has 0 amide bonds. The number of methoxy groups -OCH3 is 1. The third-order valence-corrected chi connectivity index (χ3v) is 9.92. The number of phosphoric ester groups is 1. The maximum absolute atomic E-state index is 13.9. The van der Waals surface area contributed by atoms with Crippen molar-refractivity contribution in [2.45, 2.75) is 88.0 Å². The fourth-order valence-corrected chi connectivity index (χ4v) is 6.34. The summed E-state index contributed by atoms with van der Waals surface area (Å²) in [5.41, 5.74) is -1.58. The maximum Gasteiger partial charge on any atom is 0.474 e. The van der Waals surface area contributed by atoms with Crippen LogP contribution >= 0.6 is 7.82 Å². The van der Waals surface area contributed by atoms with Gasteiger partial charge in [-0.25, -0.2) is 23.7 Å². The molecule has 0 aliphatic rings. The lowest BCUT2D eigenvalue weighted by atomic mass is 9.96. The van der Waals surface area contributed by atoms with Crippen LogP contribution in [0.25, 0.3) is 0 Å². The van der Waals surface area contributed by atoms with Crippen molar-refractivity contribution in [1.82, 2.24) is 0 Å². The molecule has 0 aliphatic carbocycles. The first-order valence-corrected chi connectivity index (χ1v) is 21.0. The first-order chi connectivity index (χ1) is 27.1. The van der Waals surface area contributed by atoms with Crippen LogP contribution in [0.3, 0.4) is 0 Å². The first kappa shape index (κ1) is 50.5. The molecule has 0 spiro atoms. The molecule has 0 fully saturated rings. The zero-order valence-electron chi connectivity index (χ0n) is 36.0. The van der Waals surface area contributed by atoms with Crippen LogP contribution in [0.2, 0.25) is 0 Å². The van der Waals surface area contributed by atoms with Crippen LogP contribution in [0.1, 0.15) is 129 Å². The molecule has 0 heterocycles. The van der Waals surface area contributed by atoms with Crippen LogP contribution in [-0.2, 0) is 41.8 Å². The Bertz CT molecular complexity index is 1650. The minimum atomic E-state index is -4.13. The molecule has 0 aliphatic heterocycles. The minimum absolute atomic E-state index is 0.0343. The lowest BCUT2D eigenvalue weighted by molar-refractivity contribution is 0.00457. The summed E-state index contributed by atoms with van der Waals surface area (Å²) >= 11 is 0. The fraction of sp³-hybridized carbons (Fsp3) is 0.628. The standard InChI is InChI=1S/C43H65O14P/c1-11-12-13-14-23-55-58(49,56-30-42(6,7)28-53-38(47)34-17-15-32(16-18-34)36(45)51-26-40(2,3)24-44)57-31-43(8,9)29-54-39(48)35-21-19-33(20-22-35)37(46)52-27-41(4,5)25-50-10/h15-22,44H,11-14,23-31H2,1-10H3. The number of ether oxygens (including phenoxy) is 5. The van der Waals surface area contributed by atoms with Gasteiger partial charge in [-0.15, -0.1) is 0 Å². The van der Waals surface area contributed by atoms with Crippen molar-refractivity contribution in [3.05, 3.63) is 70.8 Å². The fourth-order valence-electron chi connectivity index (χ4n) is 4.75. The van der Waals surface area contributed by atoms with E-state index >= 15 is 0 Å². The van der Waals surface area contributed by atoms with E-state index in [2.05, 4.69) is 6.92 Å². The molecular weight excluding hydrogens is 771 g/mol. The van der Waals surface area contributed by atoms with E-state index in [1.807, 2.05) is 13.8 Å². The van der Waals surface area contributed by atoms with Crippen LogP contribution in [0, 0.1) is 21.7 Å². The lowest BCUT2D eigenvalue weighted by Crippen LogP contribution is -2.29. The van der Waals surface area contributed by atoms with Gasteiger partial charge in [-0.1, -0.05) is 81.6 Å². The highest BCUT2D eigenvalue weighted by molar-refractivity contribution is 7.48. The number of hydrogen-bond acceptors (Lipinski definition) is 14. The van der Waals surface area contributed by atoms with Gasteiger partial charge in [0.05, 0.1) is 81.7 Å².